The molecule has 0 saturated carbocycles. The molecular formula is C15H23N3O. The van der Waals surface area contributed by atoms with Gasteiger partial charge in [-0.1, -0.05) is 27.7 Å². The molecule has 0 radical (unpaired) electrons. The van der Waals surface area contributed by atoms with Crippen molar-refractivity contribution in [1.29, 1.82) is 0 Å². The van der Waals surface area contributed by atoms with E-state index in [9.17, 15) is 0 Å². The number of ether oxygens (including phenoxy) is 1. The molecule has 0 amide bonds. The number of imidazole rings is 1. The predicted octanol–water partition coefficient (Wildman–Crippen LogP) is 3.58. The summed E-state index contributed by atoms with van der Waals surface area (Å²) in [6, 6.07) is 3.85. The van der Waals surface area contributed by atoms with Crippen molar-refractivity contribution in [3.8, 4) is 5.88 Å². The number of hydrogen-bond acceptors (Lipinski definition) is 3. The molecular weight excluding hydrogens is 238 g/mol. The van der Waals surface area contributed by atoms with Crippen molar-refractivity contribution < 1.29 is 4.74 Å². The Bertz CT molecular complexity index is 554. The highest BCUT2D eigenvalue weighted by molar-refractivity contribution is 5.71. The number of nitrogens with zero attached hydrogens (tertiary/aromatic N) is 2. The van der Waals surface area contributed by atoms with Crippen LogP contribution in [0.1, 0.15) is 40.4 Å². The summed E-state index contributed by atoms with van der Waals surface area (Å²) >= 11 is 0. The molecule has 0 aromatic carbocycles. The number of H-pyrrole nitrogens is 1. The van der Waals surface area contributed by atoms with E-state index in [1.54, 1.807) is 0 Å². The number of aromatic nitrogens is 3. The second-order valence-corrected chi connectivity index (χ2v) is 6.11. The van der Waals surface area contributed by atoms with Crippen molar-refractivity contribution >= 4 is 11.2 Å². The largest absolute Gasteiger partial charge is 0.478 e. The SMILES string of the molecule is CCOc1ccc2[nH]c(CC(C)C(C)(C)C)nc2n1. The zero-order valence-electron chi connectivity index (χ0n) is 12.4. The summed E-state index contributed by atoms with van der Waals surface area (Å²) in [7, 11) is 0. The second-order valence-electron chi connectivity index (χ2n) is 6.11. The lowest BCUT2D eigenvalue weighted by Crippen LogP contribution is -2.19. The molecule has 4 heteroatoms. The van der Waals surface area contributed by atoms with E-state index in [2.05, 4.69) is 42.6 Å². The van der Waals surface area contributed by atoms with Gasteiger partial charge in [-0.15, -0.1) is 0 Å². The maximum absolute atomic E-state index is 5.39. The molecule has 0 bridgehead atoms. The average Bonchev–Trinajstić information content (AvgIpc) is 2.69. The summed E-state index contributed by atoms with van der Waals surface area (Å²) in [4.78, 5) is 12.3. The van der Waals surface area contributed by atoms with Gasteiger partial charge in [-0.25, -0.2) is 4.98 Å². The van der Waals surface area contributed by atoms with E-state index in [1.807, 2.05) is 19.1 Å². The first-order valence-electron chi connectivity index (χ1n) is 6.88. The molecule has 0 aliphatic carbocycles. The van der Waals surface area contributed by atoms with Crippen LogP contribution in [0.3, 0.4) is 0 Å². The van der Waals surface area contributed by atoms with Gasteiger partial charge in [0, 0.05) is 12.5 Å². The molecule has 19 heavy (non-hydrogen) atoms. The van der Waals surface area contributed by atoms with Gasteiger partial charge in [0.05, 0.1) is 12.1 Å². The Morgan fingerprint density at radius 1 is 1.26 bits per heavy atom. The third kappa shape index (κ3) is 3.25. The normalized spacial score (nSPS) is 13.7. The van der Waals surface area contributed by atoms with Crippen molar-refractivity contribution in [2.45, 2.75) is 41.0 Å². The number of nitrogens with one attached hydrogen (secondary N) is 1. The minimum atomic E-state index is 0.281. The van der Waals surface area contributed by atoms with Crippen molar-refractivity contribution in [3.63, 3.8) is 0 Å². The molecule has 0 aliphatic rings. The maximum Gasteiger partial charge on any atom is 0.215 e. The van der Waals surface area contributed by atoms with Crippen LogP contribution in [0.5, 0.6) is 5.88 Å². The number of rotatable bonds is 4. The summed E-state index contributed by atoms with van der Waals surface area (Å²) in [5.41, 5.74) is 1.99. The molecule has 1 atom stereocenters. The van der Waals surface area contributed by atoms with Gasteiger partial charge in [0.15, 0.2) is 5.65 Å². The quantitative estimate of drug-likeness (QED) is 0.915. The Labute approximate surface area is 114 Å². The zero-order chi connectivity index (χ0) is 14.0. The monoisotopic (exact) mass is 261 g/mol. The smallest absolute Gasteiger partial charge is 0.215 e. The summed E-state index contributed by atoms with van der Waals surface area (Å²) < 4.78 is 5.39. The highest BCUT2D eigenvalue weighted by Gasteiger charge is 2.21. The fourth-order valence-electron chi connectivity index (χ4n) is 1.85. The van der Waals surface area contributed by atoms with E-state index in [1.165, 1.54) is 0 Å². The highest BCUT2D eigenvalue weighted by Crippen LogP contribution is 2.28. The topological polar surface area (TPSA) is 50.8 Å². The molecule has 0 fully saturated rings. The standard InChI is InChI=1S/C15H23N3O/c1-6-19-13-8-7-11-14(18-13)17-12(16-11)9-10(2)15(3,4)5/h7-8,10H,6,9H2,1-5H3,(H,16,17,18). The number of hydrogen-bond donors (Lipinski definition) is 1. The lowest BCUT2D eigenvalue weighted by atomic mass is 9.80. The van der Waals surface area contributed by atoms with Crippen LogP contribution in [-0.2, 0) is 6.42 Å². The Balaban J connectivity index is 2.22. The molecule has 1 N–H and O–H groups in total. The van der Waals surface area contributed by atoms with Crippen molar-refractivity contribution in [2.75, 3.05) is 6.61 Å². The van der Waals surface area contributed by atoms with Crippen LogP contribution in [0.4, 0.5) is 0 Å². The Morgan fingerprint density at radius 3 is 2.63 bits per heavy atom. The van der Waals surface area contributed by atoms with E-state index in [0.717, 1.165) is 23.4 Å². The number of aromatic amines is 1. The average molecular weight is 261 g/mol. The number of fused-ring (bicyclic) bond motifs is 1. The zero-order valence-corrected chi connectivity index (χ0v) is 12.4. The van der Waals surface area contributed by atoms with E-state index >= 15 is 0 Å². The molecule has 1 unspecified atom stereocenters. The summed E-state index contributed by atoms with van der Waals surface area (Å²) in [5, 5.41) is 0. The van der Waals surface area contributed by atoms with Gasteiger partial charge in [0.25, 0.3) is 0 Å². The van der Waals surface area contributed by atoms with Crippen LogP contribution < -0.4 is 4.74 Å². The molecule has 0 spiro atoms. The van der Waals surface area contributed by atoms with Crippen LogP contribution in [0.25, 0.3) is 11.2 Å². The Morgan fingerprint density at radius 2 is 2.00 bits per heavy atom. The van der Waals surface area contributed by atoms with Crippen LogP contribution in [0.15, 0.2) is 12.1 Å². The molecule has 2 rings (SSSR count). The van der Waals surface area contributed by atoms with Crippen LogP contribution in [-0.4, -0.2) is 21.6 Å². The second kappa shape index (κ2) is 5.19. The first kappa shape index (κ1) is 13.8. The van der Waals surface area contributed by atoms with E-state index in [-0.39, 0.29) is 5.41 Å². The van der Waals surface area contributed by atoms with Crippen LogP contribution in [0, 0.1) is 11.3 Å². The predicted molar refractivity (Wildman–Crippen MR) is 77.4 cm³/mol. The Hall–Kier alpha value is -1.58. The molecule has 2 aromatic rings. The first-order chi connectivity index (χ1) is 8.90. The fourth-order valence-corrected chi connectivity index (χ4v) is 1.85. The third-order valence-corrected chi connectivity index (χ3v) is 3.64. The highest BCUT2D eigenvalue weighted by atomic mass is 16.5. The minimum Gasteiger partial charge on any atom is -0.478 e. The van der Waals surface area contributed by atoms with Crippen LogP contribution >= 0.6 is 0 Å². The maximum atomic E-state index is 5.39. The van der Waals surface area contributed by atoms with Crippen molar-refractivity contribution in [2.24, 2.45) is 11.3 Å². The van der Waals surface area contributed by atoms with E-state index in [0.29, 0.717) is 18.4 Å². The van der Waals surface area contributed by atoms with Gasteiger partial charge in [-0.2, -0.15) is 4.98 Å². The molecule has 0 aliphatic heterocycles. The molecule has 0 saturated heterocycles. The van der Waals surface area contributed by atoms with Gasteiger partial charge >= 0.3 is 0 Å². The molecule has 2 aromatic heterocycles. The van der Waals surface area contributed by atoms with Gasteiger partial charge in [-0.3, -0.25) is 0 Å². The summed E-state index contributed by atoms with van der Waals surface area (Å²) in [5.74, 6) is 2.19. The summed E-state index contributed by atoms with van der Waals surface area (Å²) in [6.07, 6.45) is 0.934. The molecule has 4 nitrogen and oxygen atoms in total. The molecule has 2 heterocycles. The third-order valence-electron chi connectivity index (χ3n) is 3.64. The van der Waals surface area contributed by atoms with Gasteiger partial charge < -0.3 is 9.72 Å². The van der Waals surface area contributed by atoms with Gasteiger partial charge in [0.2, 0.25) is 5.88 Å². The van der Waals surface area contributed by atoms with E-state index in [4.69, 9.17) is 4.74 Å². The van der Waals surface area contributed by atoms with Gasteiger partial charge in [0.1, 0.15) is 5.82 Å². The van der Waals surface area contributed by atoms with Crippen LogP contribution in [0.2, 0.25) is 0 Å². The number of pyridine rings is 1. The minimum absolute atomic E-state index is 0.281. The van der Waals surface area contributed by atoms with Gasteiger partial charge in [-0.05, 0) is 24.3 Å². The molecule has 104 valence electrons. The lowest BCUT2D eigenvalue weighted by Gasteiger charge is -2.26. The fraction of sp³-hybridized carbons (Fsp3) is 0.600. The first-order valence-corrected chi connectivity index (χ1v) is 6.88. The van der Waals surface area contributed by atoms with E-state index < -0.39 is 0 Å². The Kier molecular flexibility index (Phi) is 3.78. The lowest BCUT2D eigenvalue weighted by molar-refractivity contribution is 0.257. The van der Waals surface area contributed by atoms with Crippen molar-refractivity contribution in [1.82, 2.24) is 15.0 Å². The summed E-state index contributed by atoms with van der Waals surface area (Å²) in [6.45, 7) is 11.6. The van der Waals surface area contributed by atoms with Crippen molar-refractivity contribution in [3.05, 3.63) is 18.0 Å².